The lowest BCUT2D eigenvalue weighted by Gasteiger charge is -2.27. The normalized spacial score (nSPS) is 13.6. The van der Waals surface area contributed by atoms with Crippen LogP contribution in [0, 0.1) is 5.92 Å². The Morgan fingerprint density at radius 3 is 2.00 bits per heavy atom. The lowest BCUT2D eigenvalue weighted by Crippen LogP contribution is -2.35. The lowest BCUT2D eigenvalue weighted by molar-refractivity contribution is -0.165. The van der Waals surface area contributed by atoms with Crippen molar-refractivity contribution in [1.82, 2.24) is 0 Å². The Hall–Kier alpha value is -1.88. The van der Waals surface area contributed by atoms with Crippen LogP contribution < -0.4 is 0 Å². The standard InChI is InChI=1S/C16H22O5/c1-4-20-14(17)13(15(18)21-5-2)11-16(3,19)12-9-7-6-8-10-12/h6-10,13,19H,4-5,11H2,1-3H3. The first-order chi connectivity index (χ1) is 9.92. The highest BCUT2D eigenvalue weighted by atomic mass is 16.6. The van der Waals surface area contributed by atoms with Crippen molar-refractivity contribution in [1.29, 1.82) is 0 Å². The number of hydrogen-bond donors (Lipinski definition) is 1. The van der Waals surface area contributed by atoms with Crippen molar-refractivity contribution >= 4 is 11.9 Å². The van der Waals surface area contributed by atoms with E-state index in [1.807, 2.05) is 6.07 Å². The van der Waals surface area contributed by atoms with Crippen LogP contribution >= 0.6 is 0 Å². The molecular weight excluding hydrogens is 272 g/mol. The molecule has 1 aromatic rings. The first-order valence-electron chi connectivity index (χ1n) is 7.03. The fourth-order valence-corrected chi connectivity index (χ4v) is 2.06. The molecule has 1 atom stereocenters. The SMILES string of the molecule is CCOC(=O)C(CC(C)(O)c1ccccc1)C(=O)OCC. The zero-order chi connectivity index (χ0) is 15.9. The molecule has 0 aromatic heterocycles. The summed E-state index contributed by atoms with van der Waals surface area (Å²) in [7, 11) is 0. The van der Waals surface area contributed by atoms with Crippen molar-refractivity contribution in [2.45, 2.75) is 32.8 Å². The van der Waals surface area contributed by atoms with E-state index >= 15 is 0 Å². The van der Waals surface area contributed by atoms with Gasteiger partial charge in [-0.3, -0.25) is 9.59 Å². The molecule has 21 heavy (non-hydrogen) atoms. The van der Waals surface area contributed by atoms with E-state index in [-0.39, 0.29) is 19.6 Å². The number of ether oxygens (including phenoxy) is 2. The molecule has 0 radical (unpaired) electrons. The highest BCUT2D eigenvalue weighted by Gasteiger charge is 2.37. The van der Waals surface area contributed by atoms with Gasteiger partial charge in [-0.25, -0.2) is 0 Å². The molecule has 1 rings (SSSR count). The molecule has 0 amide bonds. The van der Waals surface area contributed by atoms with Crippen molar-refractivity contribution in [3.8, 4) is 0 Å². The fourth-order valence-electron chi connectivity index (χ4n) is 2.06. The zero-order valence-corrected chi connectivity index (χ0v) is 12.7. The van der Waals surface area contributed by atoms with Gasteiger partial charge in [-0.1, -0.05) is 30.3 Å². The quantitative estimate of drug-likeness (QED) is 0.615. The highest BCUT2D eigenvalue weighted by Crippen LogP contribution is 2.29. The van der Waals surface area contributed by atoms with Gasteiger partial charge >= 0.3 is 11.9 Å². The average molecular weight is 294 g/mol. The summed E-state index contributed by atoms with van der Waals surface area (Å²) in [6, 6.07) is 8.88. The number of carbonyl (C=O) groups excluding carboxylic acids is 2. The molecule has 1 aromatic carbocycles. The van der Waals surface area contributed by atoms with Gasteiger partial charge in [0, 0.05) is 6.42 Å². The summed E-state index contributed by atoms with van der Waals surface area (Å²) in [4.78, 5) is 23.9. The third-order valence-electron chi connectivity index (χ3n) is 3.14. The molecule has 0 spiro atoms. The third-order valence-corrected chi connectivity index (χ3v) is 3.14. The largest absolute Gasteiger partial charge is 0.465 e. The second-order valence-electron chi connectivity index (χ2n) is 4.90. The van der Waals surface area contributed by atoms with Gasteiger partial charge in [0.1, 0.15) is 0 Å². The molecule has 0 aliphatic carbocycles. The van der Waals surface area contributed by atoms with Crippen molar-refractivity contribution in [2.75, 3.05) is 13.2 Å². The zero-order valence-electron chi connectivity index (χ0n) is 12.7. The maximum atomic E-state index is 11.9. The summed E-state index contributed by atoms with van der Waals surface area (Å²) in [5.41, 5.74) is -0.700. The monoisotopic (exact) mass is 294 g/mol. The van der Waals surface area contributed by atoms with Crippen molar-refractivity contribution in [3.05, 3.63) is 35.9 Å². The van der Waals surface area contributed by atoms with Crippen LogP contribution in [0.1, 0.15) is 32.8 Å². The summed E-state index contributed by atoms with van der Waals surface area (Å²) < 4.78 is 9.80. The minimum Gasteiger partial charge on any atom is -0.465 e. The van der Waals surface area contributed by atoms with E-state index in [4.69, 9.17) is 9.47 Å². The minimum atomic E-state index is -1.33. The van der Waals surface area contributed by atoms with E-state index in [2.05, 4.69) is 0 Å². The molecule has 0 saturated carbocycles. The Morgan fingerprint density at radius 1 is 1.10 bits per heavy atom. The van der Waals surface area contributed by atoms with Gasteiger partial charge in [-0.2, -0.15) is 0 Å². The summed E-state index contributed by atoms with van der Waals surface area (Å²) in [5, 5.41) is 10.6. The first-order valence-corrected chi connectivity index (χ1v) is 7.03. The smallest absolute Gasteiger partial charge is 0.320 e. The topological polar surface area (TPSA) is 72.8 Å². The van der Waals surface area contributed by atoms with Crippen molar-refractivity contribution in [3.63, 3.8) is 0 Å². The maximum absolute atomic E-state index is 11.9. The number of hydrogen-bond acceptors (Lipinski definition) is 5. The molecule has 0 bridgehead atoms. The van der Waals surface area contributed by atoms with Gasteiger partial charge in [0.05, 0.1) is 18.8 Å². The van der Waals surface area contributed by atoms with E-state index in [0.29, 0.717) is 5.56 Å². The van der Waals surface area contributed by atoms with Crippen LogP contribution in [0.15, 0.2) is 30.3 Å². The van der Waals surface area contributed by atoms with Gasteiger partial charge in [0.2, 0.25) is 0 Å². The van der Waals surface area contributed by atoms with E-state index in [1.165, 1.54) is 0 Å². The first kappa shape index (κ1) is 17.2. The van der Waals surface area contributed by atoms with Gasteiger partial charge in [-0.15, -0.1) is 0 Å². The molecule has 116 valence electrons. The molecule has 0 saturated heterocycles. The van der Waals surface area contributed by atoms with Crippen LogP contribution in [0.25, 0.3) is 0 Å². The number of esters is 2. The van der Waals surface area contributed by atoms with Gasteiger partial charge < -0.3 is 14.6 Å². The second kappa shape index (κ2) is 7.78. The minimum absolute atomic E-state index is 0.0886. The van der Waals surface area contributed by atoms with Crippen molar-refractivity contribution in [2.24, 2.45) is 5.92 Å². The van der Waals surface area contributed by atoms with Crippen LogP contribution in [0.4, 0.5) is 0 Å². The van der Waals surface area contributed by atoms with Crippen LogP contribution in [0.5, 0.6) is 0 Å². The summed E-state index contributed by atoms with van der Waals surface area (Å²) in [5.74, 6) is -2.49. The summed E-state index contributed by atoms with van der Waals surface area (Å²) >= 11 is 0. The Kier molecular flexibility index (Phi) is 6.37. The maximum Gasteiger partial charge on any atom is 0.320 e. The van der Waals surface area contributed by atoms with Crippen LogP contribution in [-0.4, -0.2) is 30.3 Å². The molecule has 0 aliphatic heterocycles. The summed E-state index contributed by atoms with van der Waals surface area (Å²) in [6.45, 7) is 5.23. The fraction of sp³-hybridized carbons (Fsp3) is 0.500. The third kappa shape index (κ3) is 4.86. The van der Waals surface area contributed by atoms with E-state index in [1.54, 1.807) is 45.0 Å². The molecule has 0 fully saturated rings. The molecule has 0 heterocycles. The van der Waals surface area contributed by atoms with Gasteiger partial charge in [0.25, 0.3) is 0 Å². The van der Waals surface area contributed by atoms with E-state index in [9.17, 15) is 14.7 Å². The predicted molar refractivity (Wildman–Crippen MR) is 77.4 cm³/mol. The highest BCUT2D eigenvalue weighted by molar-refractivity contribution is 5.95. The Morgan fingerprint density at radius 2 is 1.57 bits per heavy atom. The molecule has 0 aliphatic rings. The lowest BCUT2D eigenvalue weighted by atomic mass is 9.86. The van der Waals surface area contributed by atoms with Crippen molar-refractivity contribution < 1.29 is 24.2 Å². The number of aliphatic hydroxyl groups is 1. The van der Waals surface area contributed by atoms with E-state index < -0.39 is 23.5 Å². The number of benzene rings is 1. The number of carbonyl (C=O) groups is 2. The van der Waals surface area contributed by atoms with Crippen LogP contribution in [0.3, 0.4) is 0 Å². The van der Waals surface area contributed by atoms with E-state index in [0.717, 1.165) is 0 Å². The average Bonchev–Trinajstić information content (AvgIpc) is 2.46. The number of rotatable bonds is 7. The van der Waals surface area contributed by atoms with Gasteiger partial charge in [0.15, 0.2) is 5.92 Å². The molecule has 1 N–H and O–H groups in total. The second-order valence-corrected chi connectivity index (χ2v) is 4.90. The Bertz CT molecular complexity index is 449. The van der Waals surface area contributed by atoms with Crippen LogP contribution in [0.2, 0.25) is 0 Å². The molecule has 1 unspecified atom stereocenters. The molecule has 5 heteroatoms. The Labute approximate surface area is 124 Å². The molecule has 5 nitrogen and oxygen atoms in total. The van der Waals surface area contributed by atoms with Gasteiger partial charge in [-0.05, 0) is 26.3 Å². The Balaban J connectivity index is 2.94. The summed E-state index contributed by atoms with van der Waals surface area (Å²) in [6.07, 6.45) is -0.0886. The predicted octanol–water partition coefficient (Wildman–Crippen LogP) is 2.03. The molecular formula is C16H22O5. The van der Waals surface area contributed by atoms with Crippen LogP contribution in [-0.2, 0) is 24.7 Å².